The van der Waals surface area contributed by atoms with E-state index in [2.05, 4.69) is 12.2 Å². The van der Waals surface area contributed by atoms with Crippen molar-refractivity contribution < 1.29 is 23.5 Å². The number of benzene rings is 2. The number of unbranched alkanes of at least 4 members (excludes halogenated alkanes) is 1. The molecule has 0 radical (unpaired) electrons. The summed E-state index contributed by atoms with van der Waals surface area (Å²) in [5, 5.41) is 2.66. The minimum absolute atomic E-state index is 0.0517. The average Bonchev–Trinajstić information content (AvgIpc) is 2.84. The van der Waals surface area contributed by atoms with Crippen LogP contribution in [0.15, 0.2) is 48.5 Å². The number of halogens is 1. The molecule has 0 atom stereocenters. The molecule has 1 N–H and O–H groups in total. The first-order valence-electron chi connectivity index (χ1n) is 11.3. The van der Waals surface area contributed by atoms with E-state index in [1.54, 1.807) is 46.2 Å². The zero-order chi connectivity index (χ0) is 23.6. The molecule has 7 nitrogen and oxygen atoms in total. The molecule has 3 rings (SSSR count). The maximum atomic E-state index is 13.0. The van der Waals surface area contributed by atoms with Crippen LogP contribution in [0.3, 0.4) is 0 Å². The molecule has 2 aromatic carbocycles. The van der Waals surface area contributed by atoms with E-state index in [4.69, 9.17) is 4.74 Å². The van der Waals surface area contributed by atoms with E-state index in [0.29, 0.717) is 44.1 Å². The van der Waals surface area contributed by atoms with Crippen LogP contribution in [0.2, 0.25) is 0 Å². The molecule has 1 aliphatic heterocycles. The number of nitrogens with zero attached hydrogens (tertiary/aromatic N) is 2. The van der Waals surface area contributed by atoms with Crippen LogP contribution in [0.4, 0.5) is 4.39 Å². The monoisotopic (exact) mass is 455 g/mol. The number of carbonyl (C=O) groups excluding carboxylic acids is 3. The normalized spacial score (nSPS) is 13.5. The highest BCUT2D eigenvalue weighted by atomic mass is 19.1. The van der Waals surface area contributed by atoms with Crippen molar-refractivity contribution >= 4 is 17.7 Å². The highest BCUT2D eigenvalue weighted by Gasteiger charge is 2.24. The van der Waals surface area contributed by atoms with Crippen LogP contribution in [-0.4, -0.2) is 66.9 Å². The second-order valence-electron chi connectivity index (χ2n) is 7.97. The third kappa shape index (κ3) is 7.30. The minimum Gasteiger partial charge on any atom is -0.494 e. The molecule has 0 unspecified atom stereocenters. The molecule has 33 heavy (non-hydrogen) atoms. The van der Waals surface area contributed by atoms with Gasteiger partial charge in [0.2, 0.25) is 11.8 Å². The van der Waals surface area contributed by atoms with Crippen LogP contribution in [-0.2, 0) is 16.0 Å². The summed E-state index contributed by atoms with van der Waals surface area (Å²) in [6.45, 7) is 4.31. The summed E-state index contributed by atoms with van der Waals surface area (Å²) in [7, 11) is 0. The largest absolute Gasteiger partial charge is 0.494 e. The van der Waals surface area contributed by atoms with Gasteiger partial charge < -0.3 is 19.9 Å². The molecule has 0 spiro atoms. The molecule has 1 heterocycles. The Kier molecular flexibility index (Phi) is 8.80. The number of hydrogen-bond acceptors (Lipinski definition) is 4. The number of hydrogen-bond donors (Lipinski definition) is 1. The fraction of sp³-hybridized carbons (Fsp3) is 0.400. The van der Waals surface area contributed by atoms with Gasteiger partial charge >= 0.3 is 0 Å². The zero-order valence-electron chi connectivity index (χ0n) is 18.9. The molecule has 0 bridgehead atoms. The van der Waals surface area contributed by atoms with E-state index in [9.17, 15) is 18.8 Å². The molecule has 8 heteroatoms. The second kappa shape index (κ2) is 12.0. The van der Waals surface area contributed by atoms with Crippen LogP contribution in [0.5, 0.6) is 5.75 Å². The van der Waals surface area contributed by atoms with Gasteiger partial charge in [-0.1, -0.05) is 25.5 Å². The summed E-state index contributed by atoms with van der Waals surface area (Å²) in [5.74, 6) is -0.184. The molecule has 176 valence electrons. The molecule has 0 aromatic heterocycles. The Labute approximate surface area is 193 Å². The quantitative estimate of drug-likeness (QED) is 0.590. The highest BCUT2D eigenvalue weighted by molar-refractivity contribution is 5.96. The van der Waals surface area contributed by atoms with E-state index in [1.807, 2.05) is 0 Å². The van der Waals surface area contributed by atoms with Gasteiger partial charge in [-0.2, -0.15) is 0 Å². The van der Waals surface area contributed by atoms with E-state index in [0.717, 1.165) is 18.4 Å². The second-order valence-corrected chi connectivity index (χ2v) is 7.97. The van der Waals surface area contributed by atoms with Crippen molar-refractivity contribution in [2.24, 2.45) is 0 Å². The van der Waals surface area contributed by atoms with Gasteiger partial charge in [0.15, 0.2) is 0 Å². The van der Waals surface area contributed by atoms with Crippen molar-refractivity contribution in [3.8, 4) is 5.75 Å². The van der Waals surface area contributed by atoms with Gasteiger partial charge in [-0.15, -0.1) is 0 Å². The van der Waals surface area contributed by atoms with Crippen molar-refractivity contribution in [3.63, 3.8) is 0 Å². The maximum Gasteiger partial charge on any atom is 0.251 e. The number of piperazine rings is 1. The summed E-state index contributed by atoms with van der Waals surface area (Å²) >= 11 is 0. The predicted molar refractivity (Wildman–Crippen MR) is 122 cm³/mol. The molecule has 3 amide bonds. The molecule has 2 aromatic rings. The lowest BCUT2D eigenvalue weighted by molar-refractivity contribution is -0.138. The van der Waals surface area contributed by atoms with Gasteiger partial charge in [-0.05, 0) is 48.4 Å². The highest BCUT2D eigenvalue weighted by Crippen LogP contribution is 2.13. The summed E-state index contributed by atoms with van der Waals surface area (Å²) < 4.78 is 18.6. The number of ether oxygens (including phenoxy) is 1. The summed E-state index contributed by atoms with van der Waals surface area (Å²) in [6, 6.07) is 12.7. The third-order valence-electron chi connectivity index (χ3n) is 5.54. The van der Waals surface area contributed by atoms with Crippen LogP contribution in [0.1, 0.15) is 35.7 Å². The molecule has 1 fully saturated rings. The summed E-state index contributed by atoms with van der Waals surface area (Å²) in [5.41, 5.74) is 1.21. The first-order chi connectivity index (χ1) is 16.0. The topological polar surface area (TPSA) is 79.0 Å². The number of amides is 3. The fourth-order valence-corrected chi connectivity index (χ4v) is 3.50. The molecule has 0 saturated carbocycles. The standard InChI is InChI=1S/C25H30FN3O4/c1-2-3-16-33-22-10-6-20(7-11-22)25(32)27-18-24(31)29-14-12-28(13-15-29)23(30)17-19-4-8-21(26)9-5-19/h4-11H,2-3,12-18H2,1H3,(H,27,32). The van der Waals surface area contributed by atoms with E-state index < -0.39 is 0 Å². The van der Waals surface area contributed by atoms with Crippen LogP contribution < -0.4 is 10.1 Å². The first-order valence-corrected chi connectivity index (χ1v) is 11.3. The lowest BCUT2D eigenvalue weighted by atomic mass is 10.1. The van der Waals surface area contributed by atoms with Crippen LogP contribution in [0.25, 0.3) is 0 Å². The Bertz CT molecular complexity index is 939. The molecule has 1 saturated heterocycles. The Morgan fingerprint density at radius 1 is 0.909 bits per heavy atom. The smallest absolute Gasteiger partial charge is 0.251 e. The lowest BCUT2D eigenvalue weighted by Crippen LogP contribution is -2.52. The van der Waals surface area contributed by atoms with E-state index in [-0.39, 0.29) is 36.5 Å². The number of carbonyl (C=O) groups is 3. The first kappa shape index (κ1) is 24.2. The maximum absolute atomic E-state index is 13.0. The molecular weight excluding hydrogens is 425 g/mol. The van der Waals surface area contributed by atoms with Gasteiger partial charge in [0.1, 0.15) is 11.6 Å². The van der Waals surface area contributed by atoms with Gasteiger partial charge in [-0.3, -0.25) is 14.4 Å². The van der Waals surface area contributed by atoms with Gasteiger partial charge in [0.05, 0.1) is 19.6 Å². The summed E-state index contributed by atoms with van der Waals surface area (Å²) in [4.78, 5) is 40.6. The van der Waals surface area contributed by atoms with Gasteiger partial charge in [0, 0.05) is 31.7 Å². The lowest BCUT2D eigenvalue weighted by Gasteiger charge is -2.35. The van der Waals surface area contributed by atoms with Crippen LogP contribution >= 0.6 is 0 Å². The van der Waals surface area contributed by atoms with E-state index >= 15 is 0 Å². The third-order valence-corrected chi connectivity index (χ3v) is 5.54. The van der Waals surface area contributed by atoms with Crippen molar-refractivity contribution in [2.45, 2.75) is 26.2 Å². The van der Waals surface area contributed by atoms with Crippen LogP contribution in [0, 0.1) is 5.82 Å². The zero-order valence-corrected chi connectivity index (χ0v) is 18.9. The van der Waals surface area contributed by atoms with Crippen molar-refractivity contribution in [1.29, 1.82) is 0 Å². The fourth-order valence-electron chi connectivity index (χ4n) is 3.50. The SMILES string of the molecule is CCCCOc1ccc(C(=O)NCC(=O)N2CCN(C(=O)Cc3ccc(F)cc3)CC2)cc1. The number of nitrogens with one attached hydrogen (secondary N) is 1. The minimum atomic E-state index is -0.334. The van der Waals surface area contributed by atoms with E-state index in [1.165, 1.54) is 12.1 Å². The van der Waals surface area contributed by atoms with Crippen molar-refractivity contribution in [1.82, 2.24) is 15.1 Å². The molecular formula is C25H30FN3O4. The Balaban J connectivity index is 1.39. The van der Waals surface area contributed by atoms with Gasteiger partial charge in [0.25, 0.3) is 5.91 Å². The average molecular weight is 456 g/mol. The predicted octanol–water partition coefficient (Wildman–Crippen LogP) is 2.65. The molecule has 1 aliphatic rings. The Morgan fingerprint density at radius 2 is 1.52 bits per heavy atom. The number of rotatable bonds is 9. The van der Waals surface area contributed by atoms with Crippen molar-refractivity contribution in [2.75, 3.05) is 39.3 Å². The van der Waals surface area contributed by atoms with Gasteiger partial charge in [-0.25, -0.2) is 4.39 Å². The molecule has 0 aliphatic carbocycles. The Morgan fingerprint density at radius 3 is 2.12 bits per heavy atom. The summed E-state index contributed by atoms with van der Waals surface area (Å²) in [6.07, 6.45) is 2.23. The van der Waals surface area contributed by atoms with Crippen molar-refractivity contribution in [3.05, 3.63) is 65.5 Å². The Hall–Kier alpha value is -3.42.